The number of nitrogens with one attached hydrogen (secondary N) is 1. The van der Waals surface area contributed by atoms with Crippen LogP contribution in [0.25, 0.3) is 22.6 Å². The van der Waals surface area contributed by atoms with Crippen molar-refractivity contribution < 1.29 is 13.6 Å². The zero-order valence-electron chi connectivity index (χ0n) is 15.9. The number of hydrogen-bond acceptors (Lipinski definition) is 4. The number of pyridine rings is 1. The normalized spacial score (nSPS) is 10.6. The van der Waals surface area contributed by atoms with Crippen molar-refractivity contribution >= 4 is 11.6 Å². The first kappa shape index (κ1) is 19.3. The van der Waals surface area contributed by atoms with E-state index in [-0.39, 0.29) is 11.3 Å². The van der Waals surface area contributed by atoms with Crippen molar-refractivity contribution in [3.8, 4) is 22.6 Å². The minimum absolute atomic E-state index is 0.135. The van der Waals surface area contributed by atoms with Crippen molar-refractivity contribution in [2.45, 2.75) is 6.92 Å². The third-order valence-corrected chi connectivity index (χ3v) is 4.48. The van der Waals surface area contributed by atoms with E-state index in [4.69, 9.17) is 0 Å². The van der Waals surface area contributed by atoms with E-state index < -0.39 is 17.5 Å². The van der Waals surface area contributed by atoms with Gasteiger partial charge in [0, 0.05) is 35.8 Å². The van der Waals surface area contributed by atoms with Crippen molar-refractivity contribution in [1.29, 1.82) is 0 Å². The summed E-state index contributed by atoms with van der Waals surface area (Å²) in [6.45, 7) is 1.98. The van der Waals surface area contributed by atoms with Crippen LogP contribution in [0.1, 0.15) is 15.9 Å². The van der Waals surface area contributed by atoms with Gasteiger partial charge < -0.3 is 5.32 Å². The SMILES string of the molecule is Cc1ccc(-c2ncc(C(=O)Nc3ccc(F)cc3F)c(-c3ccncc3)n2)cc1. The number of halogens is 2. The summed E-state index contributed by atoms with van der Waals surface area (Å²) in [5, 5.41) is 2.45. The van der Waals surface area contributed by atoms with E-state index in [1.807, 2.05) is 31.2 Å². The van der Waals surface area contributed by atoms with Gasteiger partial charge in [0.15, 0.2) is 5.82 Å². The molecule has 5 nitrogen and oxygen atoms in total. The highest BCUT2D eigenvalue weighted by molar-refractivity contribution is 6.08. The van der Waals surface area contributed by atoms with Gasteiger partial charge in [0.1, 0.15) is 11.6 Å². The molecular formula is C23H16F2N4O. The molecule has 4 rings (SSSR count). The summed E-state index contributed by atoms with van der Waals surface area (Å²) in [5.74, 6) is -1.76. The average Bonchev–Trinajstić information content (AvgIpc) is 2.76. The molecule has 2 aromatic carbocycles. The number of benzene rings is 2. The molecule has 1 N–H and O–H groups in total. The quantitative estimate of drug-likeness (QED) is 0.519. The molecule has 0 unspecified atom stereocenters. The molecular weight excluding hydrogens is 386 g/mol. The second-order valence-electron chi connectivity index (χ2n) is 6.64. The van der Waals surface area contributed by atoms with E-state index in [1.54, 1.807) is 24.5 Å². The van der Waals surface area contributed by atoms with Crippen molar-refractivity contribution in [1.82, 2.24) is 15.0 Å². The number of carbonyl (C=O) groups excluding carboxylic acids is 1. The van der Waals surface area contributed by atoms with Crippen LogP contribution in [0, 0.1) is 18.6 Å². The van der Waals surface area contributed by atoms with Crippen LogP contribution >= 0.6 is 0 Å². The van der Waals surface area contributed by atoms with E-state index in [1.165, 1.54) is 6.20 Å². The van der Waals surface area contributed by atoms with Gasteiger partial charge in [-0.25, -0.2) is 18.7 Å². The highest BCUT2D eigenvalue weighted by Crippen LogP contribution is 2.26. The molecule has 0 aliphatic rings. The Labute approximate surface area is 171 Å². The molecule has 30 heavy (non-hydrogen) atoms. The lowest BCUT2D eigenvalue weighted by atomic mass is 10.1. The van der Waals surface area contributed by atoms with Crippen LogP contribution in [-0.2, 0) is 0 Å². The predicted octanol–water partition coefficient (Wildman–Crippen LogP) is 5.04. The van der Waals surface area contributed by atoms with Crippen molar-refractivity contribution in [2.75, 3.05) is 5.32 Å². The van der Waals surface area contributed by atoms with Crippen LogP contribution in [0.4, 0.5) is 14.5 Å². The molecule has 0 spiro atoms. The largest absolute Gasteiger partial charge is 0.319 e. The lowest BCUT2D eigenvalue weighted by Crippen LogP contribution is -2.16. The van der Waals surface area contributed by atoms with Crippen LogP contribution in [-0.4, -0.2) is 20.9 Å². The van der Waals surface area contributed by atoms with Crippen LogP contribution < -0.4 is 5.32 Å². The number of rotatable bonds is 4. The Morgan fingerprint density at radius 3 is 2.37 bits per heavy atom. The summed E-state index contributed by atoms with van der Waals surface area (Å²) in [4.78, 5) is 25.8. The highest BCUT2D eigenvalue weighted by Gasteiger charge is 2.18. The summed E-state index contributed by atoms with van der Waals surface area (Å²) in [6, 6.07) is 14.1. The molecule has 0 atom stereocenters. The lowest BCUT2D eigenvalue weighted by molar-refractivity contribution is 0.102. The Balaban J connectivity index is 1.76. The first-order valence-corrected chi connectivity index (χ1v) is 9.12. The zero-order valence-corrected chi connectivity index (χ0v) is 15.9. The fourth-order valence-corrected chi connectivity index (χ4v) is 2.90. The molecule has 1 amide bonds. The minimum Gasteiger partial charge on any atom is -0.319 e. The van der Waals surface area contributed by atoms with Crippen molar-refractivity contribution in [3.05, 3.63) is 95.9 Å². The first-order valence-electron chi connectivity index (χ1n) is 9.12. The summed E-state index contributed by atoms with van der Waals surface area (Å²) in [5.41, 5.74) is 2.96. The number of hydrogen-bond donors (Lipinski definition) is 1. The minimum atomic E-state index is -0.869. The molecule has 2 aromatic heterocycles. The van der Waals surface area contributed by atoms with Gasteiger partial charge in [-0.2, -0.15) is 0 Å². The van der Waals surface area contributed by atoms with Gasteiger partial charge in [-0.1, -0.05) is 29.8 Å². The molecule has 4 aromatic rings. The Morgan fingerprint density at radius 2 is 1.67 bits per heavy atom. The number of nitrogens with zero attached hydrogens (tertiary/aromatic N) is 3. The lowest BCUT2D eigenvalue weighted by Gasteiger charge is -2.12. The van der Waals surface area contributed by atoms with Crippen LogP contribution in [0.15, 0.2) is 73.2 Å². The Bertz CT molecular complexity index is 1210. The third-order valence-electron chi connectivity index (χ3n) is 4.48. The van der Waals surface area contributed by atoms with E-state index in [9.17, 15) is 13.6 Å². The fraction of sp³-hybridized carbons (Fsp3) is 0.0435. The second kappa shape index (κ2) is 8.16. The molecule has 0 aliphatic carbocycles. The number of aromatic nitrogens is 3. The Morgan fingerprint density at radius 1 is 0.933 bits per heavy atom. The highest BCUT2D eigenvalue weighted by atomic mass is 19.1. The zero-order chi connectivity index (χ0) is 21.1. The van der Waals surface area contributed by atoms with Gasteiger partial charge in [-0.05, 0) is 31.2 Å². The molecule has 0 saturated carbocycles. The van der Waals surface area contributed by atoms with Gasteiger partial charge >= 0.3 is 0 Å². The van der Waals surface area contributed by atoms with Crippen LogP contribution in [0.2, 0.25) is 0 Å². The first-order chi connectivity index (χ1) is 14.5. The smallest absolute Gasteiger partial charge is 0.259 e. The molecule has 0 radical (unpaired) electrons. The van der Waals surface area contributed by atoms with E-state index >= 15 is 0 Å². The van der Waals surface area contributed by atoms with Gasteiger partial charge in [-0.15, -0.1) is 0 Å². The monoisotopic (exact) mass is 402 g/mol. The summed E-state index contributed by atoms with van der Waals surface area (Å²) < 4.78 is 27.1. The van der Waals surface area contributed by atoms with Crippen LogP contribution in [0.3, 0.4) is 0 Å². The third kappa shape index (κ3) is 4.05. The van der Waals surface area contributed by atoms with Gasteiger partial charge in [0.2, 0.25) is 0 Å². The van der Waals surface area contributed by atoms with E-state index in [0.717, 1.165) is 23.3 Å². The topological polar surface area (TPSA) is 67.8 Å². The summed E-state index contributed by atoms with van der Waals surface area (Å²) >= 11 is 0. The molecule has 2 heterocycles. The van der Waals surface area contributed by atoms with Crippen LogP contribution in [0.5, 0.6) is 0 Å². The second-order valence-corrected chi connectivity index (χ2v) is 6.64. The number of carbonyl (C=O) groups is 1. The van der Waals surface area contributed by atoms with Crippen molar-refractivity contribution in [2.24, 2.45) is 0 Å². The standard InChI is InChI=1S/C23H16F2N4O/c1-14-2-4-16(5-3-14)22-27-13-18(21(29-22)15-8-10-26-11-9-15)23(30)28-20-7-6-17(24)12-19(20)25/h2-13H,1H3,(H,28,30). The number of anilines is 1. The van der Waals surface area contributed by atoms with Gasteiger partial charge in [-0.3, -0.25) is 9.78 Å². The molecule has 7 heteroatoms. The predicted molar refractivity (Wildman–Crippen MR) is 110 cm³/mol. The molecule has 0 fully saturated rings. The number of amides is 1. The average molecular weight is 402 g/mol. The molecule has 0 bridgehead atoms. The Hall–Kier alpha value is -4.00. The summed E-state index contributed by atoms with van der Waals surface area (Å²) in [6.07, 6.45) is 4.57. The molecule has 148 valence electrons. The van der Waals surface area contributed by atoms with Gasteiger partial charge in [0.25, 0.3) is 5.91 Å². The molecule has 0 aliphatic heterocycles. The Kier molecular flexibility index (Phi) is 5.26. The maximum atomic E-state index is 14.0. The maximum absolute atomic E-state index is 14.0. The fourth-order valence-electron chi connectivity index (χ4n) is 2.90. The summed E-state index contributed by atoms with van der Waals surface area (Å²) in [7, 11) is 0. The molecule has 0 saturated heterocycles. The van der Waals surface area contributed by atoms with E-state index in [2.05, 4.69) is 20.3 Å². The maximum Gasteiger partial charge on any atom is 0.259 e. The van der Waals surface area contributed by atoms with E-state index in [0.29, 0.717) is 23.1 Å². The van der Waals surface area contributed by atoms with Crippen molar-refractivity contribution in [3.63, 3.8) is 0 Å². The van der Waals surface area contributed by atoms with Gasteiger partial charge in [0.05, 0.1) is 16.9 Å². The number of aryl methyl sites for hydroxylation is 1.